The van der Waals surface area contributed by atoms with Crippen molar-refractivity contribution in [1.29, 1.82) is 0 Å². The second-order valence-corrected chi connectivity index (χ2v) is 7.80. The summed E-state index contributed by atoms with van der Waals surface area (Å²) < 4.78 is 0. The van der Waals surface area contributed by atoms with E-state index in [0.29, 0.717) is 17.9 Å². The Morgan fingerprint density at radius 2 is 2.10 bits per heavy atom. The molecule has 21 heavy (non-hydrogen) atoms. The van der Waals surface area contributed by atoms with E-state index in [9.17, 15) is 4.79 Å². The van der Waals surface area contributed by atoms with Crippen LogP contribution in [0.4, 0.5) is 0 Å². The molecule has 1 aliphatic carbocycles. The number of nitrogens with zero attached hydrogens (tertiary/aromatic N) is 1. The average Bonchev–Trinajstić information content (AvgIpc) is 3.13. The predicted octanol–water partition coefficient (Wildman–Crippen LogP) is 3.13. The second kappa shape index (κ2) is 5.21. The minimum absolute atomic E-state index is 0.0105. The van der Waals surface area contributed by atoms with Crippen LogP contribution in [0.15, 0.2) is 4.79 Å². The highest BCUT2D eigenvalue weighted by atomic mass is 32.1. The van der Waals surface area contributed by atoms with E-state index in [1.807, 2.05) is 13.8 Å². The molecule has 1 aliphatic rings. The molecule has 114 valence electrons. The Labute approximate surface area is 129 Å². The topological polar surface area (TPSA) is 57.8 Å². The van der Waals surface area contributed by atoms with Gasteiger partial charge in [0, 0.05) is 11.4 Å². The largest absolute Gasteiger partial charge is 0.309 e. The van der Waals surface area contributed by atoms with E-state index in [0.717, 1.165) is 28.1 Å². The molecule has 0 saturated heterocycles. The quantitative estimate of drug-likeness (QED) is 0.892. The molecule has 0 aliphatic heterocycles. The van der Waals surface area contributed by atoms with Gasteiger partial charge in [-0.1, -0.05) is 13.8 Å². The van der Waals surface area contributed by atoms with Gasteiger partial charge in [-0.15, -0.1) is 11.3 Å². The molecule has 2 aromatic rings. The highest BCUT2D eigenvalue weighted by Crippen LogP contribution is 2.51. The highest BCUT2D eigenvalue weighted by molar-refractivity contribution is 7.18. The fraction of sp³-hybridized carbons (Fsp3) is 0.625. The zero-order valence-corrected chi connectivity index (χ0v) is 14.0. The summed E-state index contributed by atoms with van der Waals surface area (Å²) in [5.74, 6) is 1.45. The molecule has 0 amide bonds. The first-order valence-corrected chi connectivity index (χ1v) is 8.44. The molecular formula is C16H23N3OS. The van der Waals surface area contributed by atoms with Gasteiger partial charge >= 0.3 is 0 Å². The molecule has 3 rings (SSSR count). The van der Waals surface area contributed by atoms with E-state index in [-0.39, 0.29) is 5.56 Å². The van der Waals surface area contributed by atoms with Crippen molar-refractivity contribution in [2.24, 2.45) is 11.3 Å². The summed E-state index contributed by atoms with van der Waals surface area (Å²) in [7, 11) is 0. The average molecular weight is 305 g/mol. The van der Waals surface area contributed by atoms with Crippen molar-refractivity contribution in [1.82, 2.24) is 15.3 Å². The van der Waals surface area contributed by atoms with Crippen LogP contribution in [0.2, 0.25) is 0 Å². The zero-order valence-electron chi connectivity index (χ0n) is 13.2. The van der Waals surface area contributed by atoms with E-state index in [1.165, 1.54) is 17.7 Å². The Morgan fingerprint density at radius 1 is 1.38 bits per heavy atom. The lowest BCUT2D eigenvalue weighted by molar-refractivity contribution is 0.336. The molecule has 4 nitrogen and oxygen atoms in total. The van der Waals surface area contributed by atoms with Crippen molar-refractivity contribution < 1.29 is 0 Å². The Hall–Kier alpha value is -1.20. The number of aromatic nitrogens is 2. The lowest BCUT2D eigenvalue weighted by Crippen LogP contribution is -2.28. The number of thiophene rings is 1. The fourth-order valence-corrected chi connectivity index (χ4v) is 3.98. The van der Waals surface area contributed by atoms with Crippen LogP contribution in [0.25, 0.3) is 10.2 Å². The third kappa shape index (κ3) is 2.64. The molecule has 0 aromatic carbocycles. The maximum Gasteiger partial charge on any atom is 0.259 e. The number of H-pyrrole nitrogens is 1. The lowest BCUT2D eigenvalue weighted by atomic mass is 9.92. The van der Waals surface area contributed by atoms with Gasteiger partial charge in [-0.25, -0.2) is 4.98 Å². The molecule has 0 atom stereocenters. The third-order valence-corrected chi connectivity index (χ3v) is 6.08. The molecule has 2 heterocycles. The molecular weight excluding hydrogens is 282 g/mol. The Bertz CT molecular complexity index is 725. The first kappa shape index (κ1) is 14.7. The fourth-order valence-electron chi connectivity index (χ4n) is 2.93. The minimum atomic E-state index is -0.0105. The van der Waals surface area contributed by atoms with Crippen molar-refractivity contribution in [2.75, 3.05) is 6.54 Å². The molecule has 1 fully saturated rings. The second-order valence-electron chi connectivity index (χ2n) is 6.60. The normalized spacial score (nSPS) is 16.8. The number of fused-ring (bicyclic) bond motifs is 1. The number of rotatable bonds is 5. The van der Waals surface area contributed by atoms with E-state index < -0.39 is 0 Å². The standard InChI is InChI=1S/C16H23N3OS/c1-9(2)16(5-6-16)8-17-7-12-18-14(20)13-10(3)11(4)21-15(13)19-12/h9,17H,5-8H2,1-4H3,(H,18,19,20). The molecule has 5 heteroatoms. The number of hydrogen-bond acceptors (Lipinski definition) is 4. The Kier molecular flexibility index (Phi) is 3.66. The summed E-state index contributed by atoms with van der Waals surface area (Å²) >= 11 is 1.60. The van der Waals surface area contributed by atoms with E-state index in [1.54, 1.807) is 11.3 Å². The molecule has 2 N–H and O–H groups in total. The lowest BCUT2D eigenvalue weighted by Gasteiger charge is -2.19. The van der Waals surface area contributed by atoms with Crippen LogP contribution in [0, 0.1) is 25.2 Å². The number of aromatic amines is 1. The van der Waals surface area contributed by atoms with Crippen LogP contribution in [0.5, 0.6) is 0 Å². The summed E-state index contributed by atoms with van der Waals surface area (Å²) in [4.78, 5) is 21.7. The maximum atomic E-state index is 12.2. The molecule has 0 spiro atoms. The van der Waals surface area contributed by atoms with Crippen LogP contribution in [0.3, 0.4) is 0 Å². The molecule has 0 radical (unpaired) electrons. The summed E-state index contributed by atoms with van der Waals surface area (Å²) in [5, 5.41) is 4.22. The third-order valence-electron chi connectivity index (χ3n) is 4.97. The van der Waals surface area contributed by atoms with Crippen LogP contribution in [-0.4, -0.2) is 16.5 Å². The number of aryl methyl sites for hydroxylation is 2. The van der Waals surface area contributed by atoms with E-state index >= 15 is 0 Å². The summed E-state index contributed by atoms with van der Waals surface area (Å²) in [6.45, 7) is 10.3. The van der Waals surface area contributed by atoms with Crippen molar-refractivity contribution in [3.05, 3.63) is 26.6 Å². The van der Waals surface area contributed by atoms with Gasteiger partial charge in [0.15, 0.2) is 0 Å². The van der Waals surface area contributed by atoms with Crippen LogP contribution in [-0.2, 0) is 6.54 Å². The minimum Gasteiger partial charge on any atom is -0.309 e. The Morgan fingerprint density at radius 3 is 2.71 bits per heavy atom. The van der Waals surface area contributed by atoms with Gasteiger partial charge in [0.05, 0.1) is 11.9 Å². The number of nitrogens with one attached hydrogen (secondary N) is 2. The van der Waals surface area contributed by atoms with Gasteiger partial charge in [0.1, 0.15) is 10.7 Å². The first-order valence-electron chi connectivity index (χ1n) is 7.62. The SMILES string of the molecule is Cc1sc2nc(CNCC3(C(C)C)CC3)[nH]c(=O)c2c1C. The smallest absolute Gasteiger partial charge is 0.259 e. The van der Waals surface area contributed by atoms with Gasteiger partial charge in [-0.3, -0.25) is 4.79 Å². The summed E-state index contributed by atoms with van der Waals surface area (Å²) in [6, 6.07) is 0. The van der Waals surface area contributed by atoms with Crippen LogP contribution < -0.4 is 10.9 Å². The molecule has 2 aromatic heterocycles. The predicted molar refractivity (Wildman–Crippen MR) is 87.9 cm³/mol. The first-order chi connectivity index (χ1) is 9.93. The van der Waals surface area contributed by atoms with E-state index in [2.05, 4.69) is 29.1 Å². The molecule has 0 bridgehead atoms. The summed E-state index contributed by atoms with van der Waals surface area (Å²) in [5.41, 5.74) is 1.52. The van der Waals surface area contributed by atoms with Gasteiger partial charge in [-0.05, 0) is 43.6 Å². The van der Waals surface area contributed by atoms with Gasteiger partial charge in [-0.2, -0.15) is 0 Å². The Balaban J connectivity index is 1.75. The summed E-state index contributed by atoms with van der Waals surface area (Å²) in [6.07, 6.45) is 2.62. The van der Waals surface area contributed by atoms with Crippen molar-refractivity contribution in [3.63, 3.8) is 0 Å². The van der Waals surface area contributed by atoms with Gasteiger partial charge in [0.25, 0.3) is 5.56 Å². The van der Waals surface area contributed by atoms with Gasteiger partial charge in [0.2, 0.25) is 0 Å². The zero-order chi connectivity index (χ0) is 15.2. The molecule has 1 saturated carbocycles. The van der Waals surface area contributed by atoms with Gasteiger partial charge < -0.3 is 10.3 Å². The van der Waals surface area contributed by atoms with Crippen LogP contribution >= 0.6 is 11.3 Å². The van der Waals surface area contributed by atoms with E-state index in [4.69, 9.17) is 0 Å². The highest BCUT2D eigenvalue weighted by Gasteiger charge is 2.44. The number of hydrogen-bond donors (Lipinski definition) is 2. The molecule has 0 unspecified atom stereocenters. The van der Waals surface area contributed by atoms with Crippen molar-refractivity contribution in [3.8, 4) is 0 Å². The van der Waals surface area contributed by atoms with Crippen LogP contribution in [0.1, 0.15) is 43.0 Å². The maximum absolute atomic E-state index is 12.2. The monoisotopic (exact) mass is 305 g/mol. The van der Waals surface area contributed by atoms with Crippen molar-refractivity contribution in [2.45, 2.75) is 47.1 Å². The van der Waals surface area contributed by atoms with Crippen molar-refractivity contribution >= 4 is 21.6 Å².